The highest BCUT2D eigenvalue weighted by atomic mass is 35.5. The van der Waals surface area contributed by atoms with Gasteiger partial charge in [-0.1, -0.05) is 29.8 Å². The predicted octanol–water partition coefficient (Wildman–Crippen LogP) is 2.69. The number of H-pyrrole nitrogens is 1. The number of piperazine rings is 1. The lowest BCUT2D eigenvalue weighted by Gasteiger charge is -2.34. The third kappa shape index (κ3) is 3.49. The molecule has 148 valence electrons. The molecule has 0 bridgehead atoms. The minimum absolute atomic E-state index is 0.0737. The Bertz CT molecular complexity index is 1100. The summed E-state index contributed by atoms with van der Waals surface area (Å²) in [5.74, 6) is -1.29. The molecule has 1 aliphatic rings. The van der Waals surface area contributed by atoms with Crippen LogP contribution in [-0.2, 0) is 4.79 Å². The lowest BCUT2D eigenvalue weighted by Crippen LogP contribution is -2.52. The summed E-state index contributed by atoms with van der Waals surface area (Å²) in [4.78, 5) is 48.5. The van der Waals surface area contributed by atoms with Crippen molar-refractivity contribution in [3.05, 3.63) is 64.6 Å². The third-order valence-corrected chi connectivity index (χ3v) is 5.45. The van der Waals surface area contributed by atoms with Crippen LogP contribution >= 0.6 is 11.6 Å². The van der Waals surface area contributed by atoms with Crippen molar-refractivity contribution in [1.29, 1.82) is 0 Å². The molecule has 29 heavy (non-hydrogen) atoms. The molecule has 7 nitrogen and oxygen atoms in total. The van der Waals surface area contributed by atoms with Gasteiger partial charge < -0.3 is 14.8 Å². The van der Waals surface area contributed by atoms with E-state index >= 15 is 0 Å². The monoisotopic (exact) mass is 410 g/mol. The van der Waals surface area contributed by atoms with Crippen LogP contribution in [-0.4, -0.2) is 63.5 Å². The standard InChI is InChI=1S/C21H19ClN4O3/c1-13-18-17(16(22)12-23-13)15(11-24-18)19(27)21(29)26-9-7-25(8-10-26)20(28)14-5-3-2-4-6-14/h2-6,11-12,24H,7-10H2,1H3. The van der Waals surface area contributed by atoms with Crippen molar-refractivity contribution >= 4 is 40.1 Å². The molecule has 2 aromatic heterocycles. The van der Waals surface area contributed by atoms with Gasteiger partial charge in [0.15, 0.2) is 0 Å². The van der Waals surface area contributed by atoms with Crippen LogP contribution < -0.4 is 0 Å². The quantitative estimate of drug-likeness (QED) is 0.531. The minimum atomic E-state index is -0.619. The number of Topliss-reactive ketones (excluding diaryl/α,β-unsaturated/α-hetero) is 1. The fourth-order valence-corrected chi connectivity index (χ4v) is 3.80. The van der Waals surface area contributed by atoms with Crippen molar-refractivity contribution < 1.29 is 14.4 Å². The molecular weight excluding hydrogens is 392 g/mol. The van der Waals surface area contributed by atoms with Gasteiger partial charge in [-0.25, -0.2) is 0 Å². The van der Waals surface area contributed by atoms with Crippen LogP contribution in [0.4, 0.5) is 0 Å². The molecule has 1 N–H and O–H groups in total. The predicted molar refractivity (Wildman–Crippen MR) is 109 cm³/mol. The fraction of sp³-hybridized carbons (Fsp3) is 0.238. The van der Waals surface area contributed by atoms with Gasteiger partial charge in [-0.2, -0.15) is 0 Å². The molecule has 1 aliphatic heterocycles. The van der Waals surface area contributed by atoms with E-state index in [0.717, 1.165) is 0 Å². The molecule has 1 aromatic carbocycles. The average Bonchev–Trinajstić information content (AvgIpc) is 3.22. The SMILES string of the molecule is Cc1ncc(Cl)c2c(C(=O)C(=O)N3CCN(C(=O)c4ccccc4)CC3)c[nH]c12. The molecule has 0 aliphatic carbocycles. The second kappa shape index (κ2) is 7.67. The van der Waals surface area contributed by atoms with E-state index in [9.17, 15) is 14.4 Å². The number of hydrogen-bond donors (Lipinski definition) is 1. The van der Waals surface area contributed by atoms with Gasteiger partial charge in [0.2, 0.25) is 0 Å². The van der Waals surface area contributed by atoms with Crippen molar-refractivity contribution in [3.8, 4) is 0 Å². The van der Waals surface area contributed by atoms with Crippen LogP contribution in [0.5, 0.6) is 0 Å². The lowest BCUT2D eigenvalue weighted by atomic mass is 10.1. The number of aromatic nitrogens is 2. The number of benzene rings is 1. The van der Waals surface area contributed by atoms with Gasteiger partial charge >= 0.3 is 0 Å². The Morgan fingerprint density at radius 3 is 2.38 bits per heavy atom. The second-order valence-corrected chi connectivity index (χ2v) is 7.33. The van der Waals surface area contributed by atoms with Crippen LogP contribution in [0.2, 0.25) is 5.02 Å². The number of fused-ring (bicyclic) bond motifs is 1. The number of ketones is 1. The number of amides is 2. The summed E-state index contributed by atoms with van der Waals surface area (Å²) >= 11 is 6.22. The number of carbonyl (C=O) groups is 3. The minimum Gasteiger partial charge on any atom is -0.359 e. The molecule has 8 heteroatoms. The number of aryl methyl sites for hydroxylation is 1. The molecule has 3 aromatic rings. The number of carbonyl (C=O) groups excluding carboxylic acids is 3. The van der Waals surface area contributed by atoms with Crippen LogP contribution in [0.25, 0.3) is 10.9 Å². The lowest BCUT2D eigenvalue weighted by molar-refractivity contribution is -0.127. The summed E-state index contributed by atoms with van der Waals surface area (Å²) in [6.07, 6.45) is 2.98. The van der Waals surface area contributed by atoms with Crippen molar-refractivity contribution in [2.24, 2.45) is 0 Å². The normalized spacial score (nSPS) is 14.3. The van der Waals surface area contributed by atoms with Crippen molar-refractivity contribution in [2.45, 2.75) is 6.92 Å². The maximum Gasteiger partial charge on any atom is 0.295 e. The first kappa shape index (κ1) is 19.1. The molecule has 1 saturated heterocycles. The molecule has 0 atom stereocenters. The number of pyridine rings is 1. The largest absolute Gasteiger partial charge is 0.359 e. The van der Waals surface area contributed by atoms with Gasteiger partial charge in [0.25, 0.3) is 17.6 Å². The highest BCUT2D eigenvalue weighted by Crippen LogP contribution is 2.28. The van der Waals surface area contributed by atoms with Crippen molar-refractivity contribution in [2.75, 3.05) is 26.2 Å². The fourth-order valence-electron chi connectivity index (χ4n) is 3.55. The Kier molecular flexibility index (Phi) is 5.07. The summed E-state index contributed by atoms with van der Waals surface area (Å²) in [5, 5.41) is 0.830. The van der Waals surface area contributed by atoms with E-state index in [1.807, 2.05) is 18.2 Å². The van der Waals surface area contributed by atoms with Crippen LogP contribution in [0.1, 0.15) is 26.4 Å². The maximum atomic E-state index is 12.8. The molecule has 0 radical (unpaired) electrons. The summed E-state index contributed by atoms with van der Waals surface area (Å²) in [7, 11) is 0. The molecule has 0 saturated carbocycles. The maximum absolute atomic E-state index is 12.8. The van der Waals surface area contributed by atoms with Crippen molar-refractivity contribution in [1.82, 2.24) is 19.8 Å². The highest BCUT2D eigenvalue weighted by Gasteiger charge is 2.30. The van der Waals surface area contributed by atoms with Crippen LogP contribution in [0, 0.1) is 6.92 Å². The molecule has 0 spiro atoms. The highest BCUT2D eigenvalue weighted by molar-refractivity contribution is 6.47. The Morgan fingerprint density at radius 1 is 1.03 bits per heavy atom. The molecule has 3 heterocycles. The number of rotatable bonds is 3. The van der Waals surface area contributed by atoms with Gasteiger partial charge in [-0.05, 0) is 19.1 Å². The van der Waals surface area contributed by atoms with Crippen LogP contribution in [0.3, 0.4) is 0 Å². The first-order valence-electron chi connectivity index (χ1n) is 9.27. The zero-order chi connectivity index (χ0) is 20.5. The molecule has 2 amide bonds. The molecule has 0 unspecified atom stereocenters. The molecular formula is C21H19ClN4O3. The Morgan fingerprint density at radius 2 is 1.69 bits per heavy atom. The number of aromatic amines is 1. The van der Waals surface area contributed by atoms with E-state index in [1.165, 1.54) is 17.3 Å². The smallest absolute Gasteiger partial charge is 0.295 e. The van der Waals surface area contributed by atoms with Gasteiger partial charge in [-0.15, -0.1) is 0 Å². The summed E-state index contributed by atoms with van der Waals surface area (Å²) in [5.41, 5.74) is 2.19. The first-order chi connectivity index (χ1) is 14.0. The number of halogens is 1. The second-order valence-electron chi connectivity index (χ2n) is 6.92. The third-order valence-electron chi connectivity index (χ3n) is 5.17. The van der Waals surface area contributed by atoms with Gasteiger partial charge in [0, 0.05) is 49.5 Å². The van der Waals surface area contributed by atoms with E-state index in [2.05, 4.69) is 9.97 Å². The Hall–Kier alpha value is -3.19. The average molecular weight is 411 g/mol. The number of hydrogen-bond acceptors (Lipinski definition) is 4. The van der Waals surface area contributed by atoms with Gasteiger partial charge in [0.05, 0.1) is 21.8 Å². The Balaban J connectivity index is 1.47. The summed E-state index contributed by atoms with van der Waals surface area (Å²) in [6.45, 7) is 3.17. The van der Waals surface area contributed by atoms with Crippen molar-refractivity contribution in [3.63, 3.8) is 0 Å². The molecule has 4 rings (SSSR count). The Labute approximate surface area is 172 Å². The van der Waals surface area contributed by atoms with E-state index in [-0.39, 0.29) is 11.5 Å². The summed E-state index contributed by atoms with van der Waals surface area (Å²) < 4.78 is 0. The zero-order valence-electron chi connectivity index (χ0n) is 15.8. The topological polar surface area (TPSA) is 86.4 Å². The van der Waals surface area contributed by atoms with Gasteiger partial charge in [0.1, 0.15) is 0 Å². The van der Waals surface area contributed by atoms with Crippen LogP contribution in [0.15, 0.2) is 42.7 Å². The van der Waals surface area contributed by atoms with E-state index in [4.69, 9.17) is 11.6 Å². The molecule has 1 fully saturated rings. The van der Waals surface area contributed by atoms with Gasteiger partial charge in [-0.3, -0.25) is 19.4 Å². The number of nitrogens with one attached hydrogen (secondary N) is 1. The first-order valence-corrected chi connectivity index (χ1v) is 9.65. The number of nitrogens with zero attached hydrogens (tertiary/aromatic N) is 3. The van der Waals surface area contributed by atoms with E-state index in [0.29, 0.717) is 53.4 Å². The zero-order valence-corrected chi connectivity index (χ0v) is 16.6. The summed E-state index contributed by atoms with van der Waals surface area (Å²) in [6, 6.07) is 9.01. The van der Waals surface area contributed by atoms with E-state index < -0.39 is 11.7 Å². The van der Waals surface area contributed by atoms with E-state index in [1.54, 1.807) is 24.0 Å².